The monoisotopic (exact) mass is 339 g/mol. The third kappa shape index (κ3) is 3.87. The molecule has 0 saturated carbocycles. The molecule has 2 rings (SSSR count). The molecule has 0 unspecified atom stereocenters. The van der Waals surface area contributed by atoms with Crippen molar-refractivity contribution in [1.82, 2.24) is 9.82 Å². The predicted octanol–water partition coefficient (Wildman–Crippen LogP) is 2.16. The van der Waals surface area contributed by atoms with Crippen LogP contribution in [0.2, 0.25) is 0 Å². The number of rotatable bonds is 4. The molecule has 7 heteroatoms. The fourth-order valence-electron chi connectivity index (χ4n) is 1.28. The highest BCUT2D eigenvalue weighted by Gasteiger charge is 2.11. The SMILES string of the molecule is O=S(=O)(N/N=C/c1ccccn1)c1ccc(Br)cc1. The van der Waals surface area contributed by atoms with Crippen molar-refractivity contribution in [2.75, 3.05) is 0 Å². The van der Waals surface area contributed by atoms with E-state index < -0.39 is 10.0 Å². The van der Waals surface area contributed by atoms with Crippen molar-refractivity contribution < 1.29 is 8.42 Å². The first-order valence-electron chi connectivity index (χ1n) is 5.29. The van der Waals surface area contributed by atoms with Crippen LogP contribution in [0.1, 0.15) is 5.69 Å². The Kier molecular flexibility index (Phi) is 4.28. The Morgan fingerprint density at radius 1 is 1.16 bits per heavy atom. The summed E-state index contributed by atoms with van der Waals surface area (Å²) in [5.41, 5.74) is 0.570. The van der Waals surface area contributed by atoms with Crippen LogP contribution in [0.15, 0.2) is 63.1 Å². The van der Waals surface area contributed by atoms with Crippen molar-refractivity contribution in [2.45, 2.75) is 4.90 Å². The minimum atomic E-state index is -3.64. The van der Waals surface area contributed by atoms with Crippen LogP contribution in [0.4, 0.5) is 0 Å². The van der Waals surface area contributed by atoms with Crippen molar-refractivity contribution >= 4 is 32.2 Å². The predicted molar refractivity (Wildman–Crippen MR) is 76.3 cm³/mol. The molecular formula is C12H10BrN3O2S. The van der Waals surface area contributed by atoms with Crippen LogP contribution in [-0.4, -0.2) is 19.6 Å². The van der Waals surface area contributed by atoms with E-state index >= 15 is 0 Å². The largest absolute Gasteiger partial charge is 0.276 e. The number of hydrogen-bond donors (Lipinski definition) is 1. The molecule has 1 aromatic heterocycles. The molecule has 0 spiro atoms. The second-order valence-corrected chi connectivity index (χ2v) is 6.14. The van der Waals surface area contributed by atoms with E-state index in [1.165, 1.54) is 18.3 Å². The van der Waals surface area contributed by atoms with E-state index in [4.69, 9.17) is 0 Å². The summed E-state index contributed by atoms with van der Waals surface area (Å²) in [7, 11) is -3.64. The van der Waals surface area contributed by atoms with Crippen molar-refractivity contribution in [2.24, 2.45) is 5.10 Å². The second kappa shape index (κ2) is 5.94. The molecule has 98 valence electrons. The average Bonchev–Trinajstić information content (AvgIpc) is 2.40. The number of nitrogens with one attached hydrogen (secondary N) is 1. The van der Waals surface area contributed by atoms with E-state index in [1.54, 1.807) is 36.5 Å². The number of pyridine rings is 1. The van der Waals surface area contributed by atoms with Gasteiger partial charge in [0.25, 0.3) is 10.0 Å². The number of sulfonamides is 1. The van der Waals surface area contributed by atoms with Crippen molar-refractivity contribution in [3.8, 4) is 0 Å². The molecule has 5 nitrogen and oxygen atoms in total. The third-order valence-electron chi connectivity index (χ3n) is 2.18. The summed E-state index contributed by atoms with van der Waals surface area (Å²) in [5, 5.41) is 3.67. The Labute approximate surface area is 119 Å². The Morgan fingerprint density at radius 2 is 1.89 bits per heavy atom. The maximum Gasteiger partial charge on any atom is 0.276 e. The summed E-state index contributed by atoms with van der Waals surface area (Å²) in [5.74, 6) is 0. The summed E-state index contributed by atoms with van der Waals surface area (Å²) in [6, 6.07) is 11.6. The fourth-order valence-corrected chi connectivity index (χ4v) is 2.34. The number of hydrazone groups is 1. The molecule has 0 aliphatic rings. The van der Waals surface area contributed by atoms with Gasteiger partial charge in [0.1, 0.15) is 0 Å². The normalized spacial score (nSPS) is 11.6. The van der Waals surface area contributed by atoms with Gasteiger partial charge in [-0.1, -0.05) is 22.0 Å². The molecule has 0 atom stereocenters. The number of aromatic nitrogens is 1. The van der Waals surface area contributed by atoms with Gasteiger partial charge in [-0.05, 0) is 36.4 Å². The lowest BCUT2D eigenvalue weighted by molar-refractivity contribution is 0.584. The van der Waals surface area contributed by atoms with Crippen molar-refractivity contribution in [3.63, 3.8) is 0 Å². The lowest BCUT2D eigenvalue weighted by atomic mass is 10.4. The van der Waals surface area contributed by atoms with Crippen molar-refractivity contribution in [1.29, 1.82) is 0 Å². The van der Waals surface area contributed by atoms with Crippen LogP contribution in [-0.2, 0) is 10.0 Å². The maximum absolute atomic E-state index is 11.9. The molecule has 19 heavy (non-hydrogen) atoms. The lowest BCUT2D eigenvalue weighted by Gasteiger charge is -2.02. The minimum Gasteiger partial charge on any atom is -0.255 e. The molecular weight excluding hydrogens is 330 g/mol. The molecule has 1 heterocycles. The molecule has 0 radical (unpaired) electrons. The van der Waals surface area contributed by atoms with Gasteiger partial charge in [0, 0.05) is 10.7 Å². The minimum absolute atomic E-state index is 0.147. The molecule has 0 bridgehead atoms. The number of hydrogen-bond acceptors (Lipinski definition) is 4. The molecule has 0 fully saturated rings. The summed E-state index contributed by atoms with van der Waals surface area (Å²) in [6.45, 7) is 0. The molecule has 2 aromatic rings. The van der Waals surface area contributed by atoms with Crippen LogP contribution in [0.3, 0.4) is 0 Å². The van der Waals surface area contributed by atoms with Gasteiger partial charge in [-0.3, -0.25) is 4.98 Å². The van der Waals surface area contributed by atoms with Gasteiger partial charge in [0.15, 0.2) is 0 Å². The highest BCUT2D eigenvalue weighted by atomic mass is 79.9. The standard InChI is InChI=1S/C12H10BrN3O2S/c13-10-4-6-12(7-5-10)19(17,18)16-15-9-11-3-1-2-8-14-11/h1-9,16H/b15-9+. The summed E-state index contributed by atoms with van der Waals surface area (Å²) >= 11 is 3.24. The molecule has 0 amide bonds. The number of nitrogens with zero attached hydrogens (tertiary/aromatic N) is 2. The summed E-state index contributed by atoms with van der Waals surface area (Å²) in [4.78, 5) is 6.27. The maximum atomic E-state index is 11.9. The van der Waals surface area contributed by atoms with Gasteiger partial charge in [0.2, 0.25) is 0 Å². The first-order valence-corrected chi connectivity index (χ1v) is 7.57. The first-order chi connectivity index (χ1) is 9.08. The van der Waals surface area contributed by atoms with E-state index in [2.05, 4.69) is 30.8 Å². The van der Waals surface area contributed by atoms with Crippen LogP contribution in [0, 0.1) is 0 Å². The van der Waals surface area contributed by atoms with Crippen LogP contribution in [0.5, 0.6) is 0 Å². The molecule has 0 saturated heterocycles. The van der Waals surface area contributed by atoms with Gasteiger partial charge in [-0.25, -0.2) is 4.83 Å². The molecule has 0 aliphatic heterocycles. The van der Waals surface area contributed by atoms with Gasteiger partial charge in [0.05, 0.1) is 16.8 Å². The average molecular weight is 340 g/mol. The molecule has 0 aliphatic carbocycles. The Hall–Kier alpha value is -1.73. The van der Waals surface area contributed by atoms with E-state index in [-0.39, 0.29) is 4.90 Å². The van der Waals surface area contributed by atoms with Gasteiger partial charge >= 0.3 is 0 Å². The highest BCUT2D eigenvalue weighted by Crippen LogP contribution is 2.14. The van der Waals surface area contributed by atoms with Crippen LogP contribution in [0.25, 0.3) is 0 Å². The topological polar surface area (TPSA) is 71.4 Å². The van der Waals surface area contributed by atoms with Gasteiger partial charge < -0.3 is 0 Å². The van der Waals surface area contributed by atoms with Gasteiger partial charge in [-0.2, -0.15) is 13.5 Å². The van der Waals surface area contributed by atoms with Crippen LogP contribution >= 0.6 is 15.9 Å². The number of benzene rings is 1. The molecule has 1 aromatic carbocycles. The third-order valence-corrected chi connectivity index (χ3v) is 3.95. The number of halogens is 1. The van der Waals surface area contributed by atoms with Crippen LogP contribution < -0.4 is 4.83 Å². The molecule has 1 N–H and O–H groups in total. The quantitative estimate of drug-likeness (QED) is 0.685. The first kappa shape index (κ1) is 13.7. The van der Waals surface area contributed by atoms with E-state index in [9.17, 15) is 8.42 Å². The van der Waals surface area contributed by atoms with Gasteiger partial charge in [-0.15, -0.1) is 0 Å². The highest BCUT2D eigenvalue weighted by molar-refractivity contribution is 9.10. The van der Waals surface area contributed by atoms with E-state index in [0.29, 0.717) is 5.69 Å². The Balaban J connectivity index is 2.10. The smallest absolute Gasteiger partial charge is 0.255 e. The van der Waals surface area contributed by atoms with E-state index in [0.717, 1.165) is 4.47 Å². The second-order valence-electron chi connectivity index (χ2n) is 3.56. The fraction of sp³-hybridized carbons (Fsp3) is 0. The zero-order chi connectivity index (χ0) is 13.7. The Morgan fingerprint density at radius 3 is 2.53 bits per heavy atom. The zero-order valence-corrected chi connectivity index (χ0v) is 12.1. The van der Waals surface area contributed by atoms with Crippen molar-refractivity contribution in [3.05, 3.63) is 58.8 Å². The summed E-state index contributed by atoms with van der Waals surface area (Å²) < 4.78 is 24.6. The summed E-state index contributed by atoms with van der Waals surface area (Å²) in [6.07, 6.45) is 2.95. The lowest BCUT2D eigenvalue weighted by Crippen LogP contribution is -2.18. The Bertz CT molecular complexity index is 670. The van der Waals surface area contributed by atoms with E-state index in [1.807, 2.05) is 0 Å². The zero-order valence-electron chi connectivity index (χ0n) is 9.69.